The van der Waals surface area contributed by atoms with Gasteiger partial charge in [-0.25, -0.2) is 0 Å². The summed E-state index contributed by atoms with van der Waals surface area (Å²) in [6, 6.07) is 0. The molecule has 0 bridgehead atoms. The highest BCUT2D eigenvalue weighted by Crippen LogP contribution is 2.31. The van der Waals surface area contributed by atoms with Crippen molar-refractivity contribution in [2.75, 3.05) is 0 Å². The van der Waals surface area contributed by atoms with E-state index in [1.807, 2.05) is 0 Å². The number of hydrogen-bond donors (Lipinski definition) is 2. The van der Waals surface area contributed by atoms with Gasteiger partial charge in [-0.15, -0.1) is 0 Å². The van der Waals surface area contributed by atoms with E-state index in [-0.39, 0.29) is 6.10 Å². The average Bonchev–Trinajstić information content (AvgIpc) is 1.93. The second-order valence-corrected chi connectivity index (χ2v) is 4.04. The molecule has 0 heterocycles. The lowest BCUT2D eigenvalue weighted by atomic mass is 9.99. The summed E-state index contributed by atoms with van der Waals surface area (Å²) < 4.78 is 5.00. The largest absolute Gasteiger partial charge is 0.328 e. The predicted molar refractivity (Wildman–Crippen MR) is 48.5 cm³/mol. The van der Waals surface area contributed by atoms with Crippen LogP contribution in [0.2, 0.25) is 0 Å². The molecule has 1 rings (SSSR count). The van der Waals surface area contributed by atoms with Crippen molar-refractivity contribution in [3.63, 3.8) is 0 Å². The van der Waals surface area contributed by atoms with Crippen molar-refractivity contribution < 1.29 is 14.3 Å². The average molecular weight is 192 g/mol. The number of hydrogen-bond acceptors (Lipinski definition) is 3. The molecule has 72 valence electrons. The SMILES string of the molecule is OP(O)OC1CCCCCCC1. The van der Waals surface area contributed by atoms with Crippen LogP contribution in [0.5, 0.6) is 0 Å². The molecule has 0 radical (unpaired) electrons. The molecule has 1 aliphatic rings. The van der Waals surface area contributed by atoms with Crippen LogP contribution in [0.3, 0.4) is 0 Å². The molecule has 12 heavy (non-hydrogen) atoms. The van der Waals surface area contributed by atoms with Crippen molar-refractivity contribution >= 4 is 8.60 Å². The van der Waals surface area contributed by atoms with E-state index in [2.05, 4.69) is 0 Å². The zero-order valence-corrected chi connectivity index (χ0v) is 8.17. The standard InChI is InChI=1S/C8H17O3P/c9-12(10)11-8-6-4-2-1-3-5-7-8/h8-10H,1-7H2. The summed E-state index contributed by atoms with van der Waals surface area (Å²) in [5, 5.41) is 0. The van der Waals surface area contributed by atoms with E-state index in [0.29, 0.717) is 0 Å². The second kappa shape index (κ2) is 5.87. The molecule has 0 saturated heterocycles. The van der Waals surface area contributed by atoms with Gasteiger partial charge in [0.2, 0.25) is 0 Å². The van der Waals surface area contributed by atoms with E-state index in [4.69, 9.17) is 14.3 Å². The van der Waals surface area contributed by atoms with Crippen molar-refractivity contribution in [1.82, 2.24) is 0 Å². The Morgan fingerprint density at radius 3 is 1.92 bits per heavy atom. The minimum absolute atomic E-state index is 0.0893. The second-order valence-electron chi connectivity index (χ2n) is 3.33. The predicted octanol–water partition coefficient (Wildman–Crippen LogP) is 2.33. The van der Waals surface area contributed by atoms with Gasteiger partial charge in [-0.2, -0.15) is 0 Å². The zero-order chi connectivity index (χ0) is 8.81. The third-order valence-electron chi connectivity index (χ3n) is 2.30. The Morgan fingerprint density at radius 2 is 1.42 bits per heavy atom. The van der Waals surface area contributed by atoms with Gasteiger partial charge in [-0.3, -0.25) is 0 Å². The van der Waals surface area contributed by atoms with E-state index in [9.17, 15) is 0 Å². The molecular formula is C8H17O3P. The molecule has 1 aliphatic carbocycles. The molecular weight excluding hydrogens is 175 g/mol. The third kappa shape index (κ3) is 4.36. The fraction of sp³-hybridized carbons (Fsp3) is 1.00. The Morgan fingerprint density at radius 1 is 0.917 bits per heavy atom. The van der Waals surface area contributed by atoms with Crippen LogP contribution < -0.4 is 0 Å². The van der Waals surface area contributed by atoms with E-state index in [1.165, 1.54) is 19.3 Å². The summed E-state index contributed by atoms with van der Waals surface area (Å²) in [4.78, 5) is 17.3. The fourth-order valence-electron chi connectivity index (χ4n) is 1.66. The van der Waals surface area contributed by atoms with Crippen LogP contribution in [-0.4, -0.2) is 15.9 Å². The van der Waals surface area contributed by atoms with Crippen LogP contribution in [-0.2, 0) is 4.52 Å². The maximum Gasteiger partial charge on any atom is 0.327 e. The van der Waals surface area contributed by atoms with E-state index < -0.39 is 8.60 Å². The Bertz CT molecular complexity index is 111. The molecule has 0 aromatic carbocycles. The molecule has 1 saturated carbocycles. The van der Waals surface area contributed by atoms with Gasteiger partial charge in [0.15, 0.2) is 0 Å². The van der Waals surface area contributed by atoms with Gasteiger partial charge in [-0.05, 0) is 12.8 Å². The molecule has 4 heteroatoms. The quantitative estimate of drug-likeness (QED) is 0.660. The summed E-state index contributed by atoms with van der Waals surface area (Å²) >= 11 is 0. The fourth-order valence-corrected chi connectivity index (χ4v) is 2.13. The molecule has 2 N–H and O–H groups in total. The van der Waals surface area contributed by atoms with Gasteiger partial charge in [0, 0.05) is 0 Å². The summed E-state index contributed by atoms with van der Waals surface area (Å²) in [7, 11) is -2.14. The van der Waals surface area contributed by atoms with Crippen molar-refractivity contribution in [2.45, 2.75) is 51.0 Å². The normalized spacial score (nSPS) is 22.2. The molecule has 0 aromatic heterocycles. The topological polar surface area (TPSA) is 49.7 Å². The Balaban J connectivity index is 2.20. The van der Waals surface area contributed by atoms with E-state index in [1.54, 1.807) is 0 Å². The van der Waals surface area contributed by atoms with Crippen molar-refractivity contribution in [3.05, 3.63) is 0 Å². The highest BCUT2D eigenvalue weighted by Gasteiger charge is 2.14. The first-order valence-corrected chi connectivity index (χ1v) is 5.80. The summed E-state index contributed by atoms with van der Waals surface area (Å²) in [5.74, 6) is 0. The smallest absolute Gasteiger partial charge is 0.327 e. The van der Waals surface area contributed by atoms with E-state index in [0.717, 1.165) is 25.7 Å². The van der Waals surface area contributed by atoms with Crippen LogP contribution in [0.15, 0.2) is 0 Å². The van der Waals surface area contributed by atoms with Crippen LogP contribution in [0.25, 0.3) is 0 Å². The van der Waals surface area contributed by atoms with Gasteiger partial charge in [-0.1, -0.05) is 32.1 Å². The lowest BCUT2D eigenvalue weighted by Gasteiger charge is -2.19. The highest BCUT2D eigenvalue weighted by atomic mass is 31.2. The maximum absolute atomic E-state index is 8.66. The van der Waals surface area contributed by atoms with E-state index >= 15 is 0 Å². The first-order valence-electron chi connectivity index (χ1n) is 4.63. The monoisotopic (exact) mass is 192 g/mol. The van der Waals surface area contributed by atoms with Crippen molar-refractivity contribution in [1.29, 1.82) is 0 Å². The summed E-state index contributed by atoms with van der Waals surface area (Å²) in [6.45, 7) is 0. The molecule has 0 aliphatic heterocycles. The van der Waals surface area contributed by atoms with Gasteiger partial charge >= 0.3 is 8.60 Å². The maximum atomic E-state index is 8.66. The Labute approximate surface area is 74.7 Å². The van der Waals surface area contributed by atoms with Crippen LogP contribution >= 0.6 is 8.60 Å². The Kier molecular flexibility index (Phi) is 5.08. The molecule has 3 nitrogen and oxygen atoms in total. The lowest BCUT2D eigenvalue weighted by molar-refractivity contribution is 0.143. The first kappa shape index (κ1) is 10.4. The lowest BCUT2D eigenvalue weighted by Crippen LogP contribution is -2.11. The van der Waals surface area contributed by atoms with Crippen molar-refractivity contribution in [3.8, 4) is 0 Å². The minimum Gasteiger partial charge on any atom is -0.328 e. The molecule has 0 spiro atoms. The molecule has 0 amide bonds. The molecule has 0 unspecified atom stereocenters. The zero-order valence-electron chi connectivity index (χ0n) is 7.28. The van der Waals surface area contributed by atoms with Crippen molar-refractivity contribution in [2.24, 2.45) is 0 Å². The van der Waals surface area contributed by atoms with Crippen LogP contribution in [0.4, 0.5) is 0 Å². The van der Waals surface area contributed by atoms with Gasteiger partial charge in [0.05, 0.1) is 6.10 Å². The highest BCUT2D eigenvalue weighted by molar-refractivity contribution is 7.39. The van der Waals surface area contributed by atoms with Gasteiger partial charge in [0.25, 0.3) is 0 Å². The molecule has 1 fully saturated rings. The first-order chi connectivity index (χ1) is 5.79. The number of rotatable bonds is 2. The summed E-state index contributed by atoms with van der Waals surface area (Å²) in [5.41, 5.74) is 0. The van der Waals surface area contributed by atoms with Crippen LogP contribution in [0, 0.1) is 0 Å². The van der Waals surface area contributed by atoms with Gasteiger partial charge in [0.1, 0.15) is 0 Å². The Hall–Kier alpha value is 0.310. The minimum atomic E-state index is -2.14. The molecule has 0 atom stereocenters. The summed E-state index contributed by atoms with van der Waals surface area (Å²) in [6.07, 6.45) is 8.22. The van der Waals surface area contributed by atoms with Crippen LogP contribution in [0.1, 0.15) is 44.9 Å². The molecule has 0 aromatic rings. The van der Waals surface area contributed by atoms with Gasteiger partial charge < -0.3 is 14.3 Å². The third-order valence-corrected chi connectivity index (χ3v) is 2.78.